The average Bonchev–Trinajstić information content (AvgIpc) is 2.61. The molecular weight excluding hydrogens is 345 g/mol. The van der Waals surface area contributed by atoms with E-state index in [1.54, 1.807) is 24.3 Å². The highest BCUT2D eigenvalue weighted by Crippen LogP contribution is 2.19. The SMILES string of the molecule is N#Cc1ccc(Nc2nccc(C(=O)c3c(F)cc(F)cc3F)n2)cc1. The molecule has 2 aromatic carbocycles. The molecule has 1 aromatic heterocycles. The number of nitrogens with one attached hydrogen (secondary N) is 1. The lowest BCUT2D eigenvalue weighted by Crippen LogP contribution is -2.11. The molecule has 5 nitrogen and oxygen atoms in total. The summed E-state index contributed by atoms with van der Waals surface area (Å²) in [7, 11) is 0. The van der Waals surface area contributed by atoms with Gasteiger partial charge in [-0.15, -0.1) is 0 Å². The van der Waals surface area contributed by atoms with E-state index in [9.17, 15) is 18.0 Å². The van der Waals surface area contributed by atoms with Gasteiger partial charge in [-0.1, -0.05) is 0 Å². The minimum Gasteiger partial charge on any atom is -0.324 e. The Bertz CT molecular complexity index is 1010. The van der Waals surface area contributed by atoms with Gasteiger partial charge in [0.15, 0.2) is 0 Å². The van der Waals surface area contributed by atoms with E-state index in [1.165, 1.54) is 12.3 Å². The number of aromatic nitrogens is 2. The highest BCUT2D eigenvalue weighted by molar-refractivity contribution is 6.08. The van der Waals surface area contributed by atoms with E-state index in [1.807, 2.05) is 6.07 Å². The molecule has 1 heterocycles. The van der Waals surface area contributed by atoms with Crippen LogP contribution in [-0.4, -0.2) is 15.8 Å². The zero-order chi connectivity index (χ0) is 18.7. The van der Waals surface area contributed by atoms with Gasteiger partial charge in [-0.05, 0) is 30.3 Å². The highest BCUT2D eigenvalue weighted by atomic mass is 19.1. The predicted molar refractivity (Wildman–Crippen MR) is 86.2 cm³/mol. The van der Waals surface area contributed by atoms with Crippen LogP contribution in [0.3, 0.4) is 0 Å². The fraction of sp³-hybridized carbons (Fsp3) is 0. The van der Waals surface area contributed by atoms with Crippen molar-refractivity contribution in [3.8, 4) is 6.07 Å². The standard InChI is InChI=1S/C18H9F3N4O/c19-11-7-13(20)16(14(21)8-11)17(26)15-5-6-23-18(25-15)24-12-3-1-10(9-22)2-4-12/h1-8H,(H,23,24,25). The molecule has 0 unspecified atom stereocenters. The number of rotatable bonds is 4. The first-order chi connectivity index (χ1) is 12.5. The van der Waals surface area contributed by atoms with E-state index in [0.717, 1.165) is 0 Å². The lowest BCUT2D eigenvalue weighted by molar-refractivity contribution is 0.102. The maximum Gasteiger partial charge on any atom is 0.227 e. The van der Waals surface area contributed by atoms with Crippen molar-refractivity contribution in [1.82, 2.24) is 9.97 Å². The third-order valence-electron chi connectivity index (χ3n) is 3.39. The van der Waals surface area contributed by atoms with E-state index >= 15 is 0 Å². The van der Waals surface area contributed by atoms with Crippen molar-refractivity contribution in [2.24, 2.45) is 0 Å². The van der Waals surface area contributed by atoms with Gasteiger partial charge in [-0.25, -0.2) is 23.1 Å². The van der Waals surface area contributed by atoms with Crippen molar-refractivity contribution in [2.75, 3.05) is 5.32 Å². The molecule has 8 heteroatoms. The predicted octanol–water partition coefficient (Wildman–Crippen LogP) is 3.74. The number of halogens is 3. The van der Waals surface area contributed by atoms with Crippen LogP contribution in [0.5, 0.6) is 0 Å². The summed E-state index contributed by atoms with van der Waals surface area (Å²) in [6.07, 6.45) is 1.24. The molecule has 26 heavy (non-hydrogen) atoms. The minimum atomic E-state index is -1.31. The number of carbonyl (C=O) groups excluding carboxylic acids is 1. The van der Waals surface area contributed by atoms with Crippen molar-refractivity contribution in [2.45, 2.75) is 0 Å². The van der Waals surface area contributed by atoms with Crippen LogP contribution in [0.15, 0.2) is 48.7 Å². The molecule has 0 aliphatic carbocycles. The molecule has 0 amide bonds. The summed E-state index contributed by atoms with van der Waals surface area (Å²) in [5.41, 5.74) is -0.148. The molecule has 0 radical (unpaired) electrons. The first-order valence-electron chi connectivity index (χ1n) is 7.27. The number of hydrogen-bond acceptors (Lipinski definition) is 5. The van der Waals surface area contributed by atoms with Crippen molar-refractivity contribution in [1.29, 1.82) is 5.26 Å². The molecule has 0 fully saturated rings. The second-order valence-corrected chi connectivity index (χ2v) is 5.15. The number of carbonyl (C=O) groups is 1. The summed E-state index contributed by atoms with van der Waals surface area (Å²) in [5.74, 6) is -4.77. The van der Waals surface area contributed by atoms with Gasteiger partial charge in [0.2, 0.25) is 11.7 Å². The van der Waals surface area contributed by atoms with Crippen LogP contribution in [0.2, 0.25) is 0 Å². The van der Waals surface area contributed by atoms with E-state index in [-0.39, 0.29) is 11.6 Å². The monoisotopic (exact) mass is 354 g/mol. The molecule has 3 aromatic rings. The zero-order valence-electron chi connectivity index (χ0n) is 13.0. The summed E-state index contributed by atoms with van der Waals surface area (Å²) in [6.45, 7) is 0. The lowest BCUT2D eigenvalue weighted by Gasteiger charge is -2.07. The van der Waals surface area contributed by atoms with Crippen molar-refractivity contribution >= 4 is 17.4 Å². The van der Waals surface area contributed by atoms with Gasteiger partial charge in [-0.2, -0.15) is 5.26 Å². The summed E-state index contributed by atoms with van der Waals surface area (Å²) in [5, 5.41) is 11.6. The largest absolute Gasteiger partial charge is 0.324 e. The van der Waals surface area contributed by atoms with Gasteiger partial charge in [0.25, 0.3) is 0 Å². The number of nitrogens with zero attached hydrogens (tertiary/aromatic N) is 3. The van der Waals surface area contributed by atoms with Crippen LogP contribution in [0.25, 0.3) is 0 Å². The second kappa shape index (κ2) is 7.03. The van der Waals surface area contributed by atoms with Gasteiger partial charge in [0, 0.05) is 24.0 Å². The molecule has 0 atom stereocenters. The van der Waals surface area contributed by atoms with E-state index in [2.05, 4.69) is 15.3 Å². The third kappa shape index (κ3) is 3.52. The second-order valence-electron chi connectivity index (χ2n) is 5.15. The number of ketones is 1. The summed E-state index contributed by atoms with van der Waals surface area (Å²) >= 11 is 0. The normalized spacial score (nSPS) is 10.2. The Hall–Kier alpha value is -3.73. The van der Waals surface area contributed by atoms with Crippen LogP contribution < -0.4 is 5.32 Å². The molecule has 0 bridgehead atoms. The summed E-state index contributed by atoms with van der Waals surface area (Å²) < 4.78 is 40.5. The van der Waals surface area contributed by atoms with Crippen LogP contribution in [0.1, 0.15) is 21.6 Å². The zero-order valence-corrected chi connectivity index (χ0v) is 13.0. The van der Waals surface area contributed by atoms with Gasteiger partial charge < -0.3 is 5.32 Å². The molecule has 0 spiro atoms. The molecule has 0 aliphatic rings. The Morgan fingerprint density at radius 3 is 2.31 bits per heavy atom. The fourth-order valence-corrected chi connectivity index (χ4v) is 2.19. The lowest BCUT2D eigenvalue weighted by atomic mass is 10.1. The first-order valence-corrected chi connectivity index (χ1v) is 7.27. The van der Waals surface area contributed by atoms with E-state index in [0.29, 0.717) is 23.4 Å². The quantitative estimate of drug-likeness (QED) is 0.722. The summed E-state index contributed by atoms with van der Waals surface area (Å²) in [4.78, 5) is 20.2. The number of hydrogen-bond donors (Lipinski definition) is 1. The molecular formula is C18H9F3N4O. The number of benzene rings is 2. The Morgan fingerprint density at radius 1 is 1.04 bits per heavy atom. The van der Waals surface area contributed by atoms with Crippen molar-refractivity contribution in [3.63, 3.8) is 0 Å². The maximum atomic E-state index is 13.8. The van der Waals surface area contributed by atoms with Crippen LogP contribution in [0, 0.1) is 28.8 Å². The first kappa shape index (κ1) is 17.1. The Morgan fingerprint density at radius 2 is 1.69 bits per heavy atom. The van der Waals surface area contributed by atoms with Crippen LogP contribution in [0.4, 0.5) is 24.8 Å². The minimum absolute atomic E-state index is 0.0171. The third-order valence-corrected chi connectivity index (χ3v) is 3.39. The molecule has 3 rings (SSSR count). The van der Waals surface area contributed by atoms with Gasteiger partial charge >= 0.3 is 0 Å². The van der Waals surface area contributed by atoms with Gasteiger partial charge in [-0.3, -0.25) is 4.79 Å². The van der Waals surface area contributed by atoms with E-state index in [4.69, 9.17) is 5.26 Å². The molecule has 0 saturated carbocycles. The van der Waals surface area contributed by atoms with E-state index < -0.39 is 28.8 Å². The molecule has 128 valence electrons. The fourth-order valence-electron chi connectivity index (χ4n) is 2.19. The Balaban J connectivity index is 1.89. The maximum absolute atomic E-state index is 13.8. The Kier molecular flexibility index (Phi) is 4.62. The van der Waals surface area contributed by atoms with Gasteiger partial charge in [0.05, 0.1) is 17.2 Å². The molecule has 0 saturated heterocycles. The average molecular weight is 354 g/mol. The number of nitriles is 1. The van der Waals surface area contributed by atoms with Gasteiger partial charge in [0.1, 0.15) is 23.1 Å². The molecule has 0 aliphatic heterocycles. The topological polar surface area (TPSA) is 78.7 Å². The summed E-state index contributed by atoms with van der Waals surface area (Å²) in [6, 6.07) is 10.4. The van der Waals surface area contributed by atoms with Crippen LogP contribution >= 0.6 is 0 Å². The Labute approximate surface area is 145 Å². The van der Waals surface area contributed by atoms with Crippen molar-refractivity contribution in [3.05, 3.63) is 82.9 Å². The van der Waals surface area contributed by atoms with Crippen molar-refractivity contribution < 1.29 is 18.0 Å². The highest BCUT2D eigenvalue weighted by Gasteiger charge is 2.22. The number of anilines is 2. The van der Waals surface area contributed by atoms with Crippen LogP contribution in [-0.2, 0) is 0 Å². The molecule has 1 N–H and O–H groups in total. The smallest absolute Gasteiger partial charge is 0.227 e.